The molecule has 1 aliphatic carbocycles. The van der Waals surface area contributed by atoms with Crippen molar-refractivity contribution < 1.29 is 27.8 Å². The van der Waals surface area contributed by atoms with Gasteiger partial charge in [0.15, 0.2) is 17.6 Å². The largest absolute Gasteiger partial charge is 0.464 e. The van der Waals surface area contributed by atoms with Crippen molar-refractivity contribution in [1.29, 1.82) is 0 Å². The zero-order valence-corrected chi connectivity index (χ0v) is 14.5. The molecule has 0 saturated carbocycles. The van der Waals surface area contributed by atoms with Crippen LogP contribution in [0.5, 0.6) is 0 Å². The van der Waals surface area contributed by atoms with Gasteiger partial charge in [0.2, 0.25) is 5.79 Å². The summed E-state index contributed by atoms with van der Waals surface area (Å²) in [4.78, 5) is 23.6. The average molecular weight is 360 g/mol. The summed E-state index contributed by atoms with van der Waals surface area (Å²) in [7, 11) is 0. The highest BCUT2D eigenvalue weighted by molar-refractivity contribution is 5.66. The van der Waals surface area contributed by atoms with Gasteiger partial charge in [0, 0.05) is 18.9 Å². The van der Waals surface area contributed by atoms with E-state index in [1.54, 1.807) is 18.4 Å². The van der Waals surface area contributed by atoms with E-state index in [1.165, 1.54) is 6.92 Å². The van der Waals surface area contributed by atoms with Crippen LogP contribution in [-0.4, -0.2) is 19.2 Å². The Balaban J connectivity index is 1.54. The first kappa shape index (κ1) is 17.1. The minimum atomic E-state index is -0.963. The molecule has 4 rings (SSSR count). The first-order valence-electron chi connectivity index (χ1n) is 8.72. The maximum atomic E-state index is 12.4. The summed E-state index contributed by atoms with van der Waals surface area (Å²) < 4.78 is 27.7. The third kappa shape index (κ3) is 3.08. The molecule has 1 atom stereocenters. The second kappa shape index (κ2) is 6.74. The fourth-order valence-electron chi connectivity index (χ4n) is 3.60. The summed E-state index contributed by atoms with van der Waals surface area (Å²) in [6.45, 7) is 2.30. The van der Waals surface area contributed by atoms with Crippen LogP contribution in [0.15, 0.2) is 38.1 Å². The summed E-state index contributed by atoms with van der Waals surface area (Å²) >= 11 is 0. The number of carbonyl (C=O) groups excluding carboxylic acids is 1. The van der Waals surface area contributed by atoms with E-state index in [9.17, 15) is 9.59 Å². The highest BCUT2D eigenvalue weighted by Crippen LogP contribution is 2.37. The lowest BCUT2D eigenvalue weighted by molar-refractivity contribution is -0.183. The van der Waals surface area contributed by atoms with Crippen LogP contribution in [0.3, 0.4) is 0 Å². The molecular weight excluding hydrogens is 340 g/mol. The van der Waals surface area contributed by atoms with E-state index < -0.39 is 17.5 Å². The maximum absolute atomic E-state index is 12.4. The molecule has 0 bridgehead atoms. The van der Waals surface area contributed by atoms with E-state index in [-0.39, 0.29) is 5.97 Å². The molecular formula is C19H20O7. The van der Waals surface area contributed by atoms with Crippen LogP contribution in [0, 0.1) is 0 Å². The van der Waals surface area contributed by atoms with Gasteiger partial charge in [-0.05, 0) is 43.0 Å². The molecule has 1 fully saturated rings. The molecule has 1 aliphatic heterocycles. The highest BCUT2D eigenvalue weighted by atomic mass is 16.7. The molecule has 0 spiro atoms. The van der Waals surface area contributed by atoms with Gasteiger partial charge in [-0.15, -0.1) is 0 Å². The van der Waals surface area contributed by atoms with Crippen LogP contribution in [0.1, 0.15) is 48.5 Å². The third-order valence-electron chi connectivity index (χ3n) is 4.78. The number of esters is 1. The van der Waals surface area contributed by atoms with E-state index >= 15 is 0 Å². The summed E-state index contributed by atoms with van der Waals surface area (Å²) in [6.07, 6.45) is 3.30. The van der Waals surface area contributed by atoms with Gasteiger partial charge in [0.1, 0.15) is 0 Å². The van der Waals surface area contributed by atoms with Gasteiger partial charge in [-0.2, -0.15) is 0 Å². The van der Waals surface area contributed by atoms with Crippen molar-refractivity contribution >= 4 is 5.97 Å². The Kier molecular flexibility index (Phi) is 4.42. The lowest BCUT2D eigenvalue weighted by Gasteiger charge is -2.24. The molecule has 1 saturated heterocycles. The quantitative estimate of drug-likeness (QED) is 0.757. The zero-order valence-electron chi connectivity index (χ0n) is 14.5. The Morgan fingerprint density at radius 3 is 2.85 bits per heavy atom. The van der Waals surface area contributed by atoms with Gasteiger partial charge in [-0.3, -0.25) is 4.79 Å². The Morgan fingerprint density at radius 2 is 2.15 bits per heavy atom. The molecule has 138 valence electrons. The smallest absolute Gasteiger partial charge is 0.339 e. The van der Waals surface area contributed by atoms with E-state index in [4.69, 9.17) is 23.0 Å². The second-order valence-corrected chi connectivity index (χ2v) is 6.51. The van der Waals surface area contributed by atoms with Crippen molar-refractivity contribution in [3.63, 3.8) is 0 Å². The molecule has 0 radical (unpaired) electrons. The maximum Gasteiger partial charge on any atom is 0.339 e. The lowest BCUT2D eigenvalue weighted by atomic mass is 10.0. The molecule has 7 heteroatoms. The standard InChI is InChI=1S/C19H20O7/c1-12(20)25-15-5-4-13-11-14(18(21)26-17(13)15)6-7-19(23-9-10-24-19)16-3-2-8-22-16/h2-3,8,11,15H,4-7,9-10H2,1H3. The first-order valence-corrected chi connectivity index (χ1v) is 8.72. The molecule has 1 unspecified atom stereocenters. The monoisotopic (exact) mass is 360 g/mol. The number of furan rings is 1. The number of hydrogen-bond acceptors (Lipinski definition) is 7. The minimum absolute atomic E-state index is 0.384. The average Bonchev–Trinajstić information content (AvgIpc) is 3.34. The van der Waals surface area contributed by atoms with Crippen molar-refractivity contribution in [2.45, 2.75) is 44.5 Å². The van der Waals surface area contributed by atoms with Crippen LogP contribution in [0.2, 0.25) is 0 Å². The first-order chi connectivity index (χ1) is 12.6. The Morgan fingerprint density at radius 1 is 1.35 bits per heavy atom. The number of hydrogen-bond donors (Lipinski definition) is 0. The summed E-state index contributed by atoms with van der Waals surface area (Å²) in [5, 5.41) is 0. The van der Waals surface area contributed by atoms with Gasteiger partial charge in [0.05, 0.1) is 19.5 Å². The molecule has 0 amide bonds. The molecule has 26 heavy (non-hydrogen) atoms. The number of fused-ring (bicyclic) bond motifs is 1. The van der Waals surface area contributed by atoms with Crippen molar-refractivity contribution in [1.82, 2.24) is 0 Å². The predicted octanol–water partition coefficient (Wildman–Crippen LogP) is 2.62. The molecule has 0 N–H and O–H groups in total. The van der Waals surface area contributed by atoms with Gasteiger partial charge < -0.3 is 23.0 Å². The topological polar surface area (TPSA) is 88.1 Å². The molecule has 0 aromatic carbocycles. The summed E-state index contributed by atoms with van der Waals surface area (Å²) in [5.74, 6) is -0.293. The van der Waals surface area contributed by atoms with Gasteiger partial charge in [0.25, 0.3) is 0 Å². The van der Waals surface area contributed by atoms with Gasteiger partial charge in [-0.25, -0.2) is 4.79 Å². The van der Waals surface area contributed by atoms with Crippen molar-refractivity contribution in [3.05, 3.63) is 57.5 Å². The van der Waals surface area contributed by atoms with Gasteiger partial charge in [-0.1, -0.05) is 0 Å². The predicted molar refractivity (Wildman–Crippen MR) is 88.4 cm³/mol. The number of rotatable bonds is 5. The van der Waals surface area contributed by atoms with Crippen LogP contribution in [0.4, 0.5) is 0 Å². The van der Waals surface area contributed by atoms with E-state index in [1.807, 2.05) is 6.07 Å². The normalized spacial score (nSPS) is 20.9. The molecule has 7 nitrogen and oxygen atoms in total. The van der Waals surface area contributed by atoms with Gasteiger partial charge >= 0.3 is 11.6 Å². The van der Waals surface area contributed by atoms with Crippen LogP contribution in [-0.2, 0) is 37.6 Å². The van der Waals surface area contributed by atoms with Crippen molar-refractivity contribution in [2.75, 3.05) is 13.2 Å². The Hall–Kier alpha value is -2.38. The van der Waals surface area contributed by atoms with Crippen molar-refractivity contribution in [2.24, 2.45) is 0 Å². The number of carbonyl (C=O) groups is 1. The second-order valence-electron chi connectivity index (χ2n) is 6.51. The highest BCUT2D eigenvalue weighted by Gasteiger charge is 2.41. The minimum Gasteiger partial charge on any atom is -0.464 e. The van der Waals surface area contributed by atoms with Crippen LogP contribution < -0.4 is 5.63 Å². The summed E-state index contributed by atoms with van der Waals surface area (Å²) in [6, 6.07) is 5.43. The molecule has 3 heterocycles. The van der Waals surface area contributed by atoms with Crippen molar-refractivity contribution in [3.8, 4) is 0 Å². The molecule has 2 aromatic rings. The SMILES string of the molecule is CC(=O)OC1CCc2cc(CCC3(c4ccco4)OCCO3)c(=O)oc21. The van der Waals surface area contributed by atoms with E-state index in [0.717, 1.165) is 5.56 Å². The van der Waals surface area contributed by atoms with Crippen LogP contribution >= 0.6 is 0 Å². The lowest BCUT2D eigenvalue weighted by Crippen LogP contribution is -2.28. The zero-order chi connectivity index (χ0) is 18.1. The van der Waals surface area contributed by atoms with Crippen LogP contribution in [0.25, 0.3) is 0 Å². The Labute approximate surface area is 149 Å². The number of ether oxygens (including phenoxy) is 3. The molecule has 2 aliphatic rings. The van der Waals surface area contributed by atoms with E-state index in [0.29, 0.717) is 56.0 Å². The Bertz CT molecular complexity index is 843. The summed E-state index contributed by atoms with van der Waals surface area (Å²) in [5.41, 5.74) is 1.04. The fraction of sp³-hybridized carbons (Fsp3) is 0.474. The fourth-order valence-corrected chi connectivity index (χ4v) is 3.60. The third-order valence-corrected chi connectivity index (χ3v) is 4.78. The number of aryl methyl sites for hydroxylation is 2. The van der Waals surface area contributed by atoms with E-state index in [2.05, 4.69) is 0 Å². The molecule has 2 aromatic heterocycles.